The molecule has 1 amide bonds. The number of nitrogens with one attached hydrogen (secondary N) is 1. The van der Waals surface area contributed by atoms with Crippen LogP contribution in [-0.4, -0.2) is 16.0 Å². The lowest BCUT2D eigenvalue weighted by molar-refractivity contribution is -0.117. The maximum Gasteiger partial charge on any atom is 0.228 e. The van der Waals surface area contributed by atoms with E-state index >= 15 is 0 Å². The summed E-state index contributed by atoms with van der Waals surface area (Å²) in [5.41, 5.74) is 2.57. The number of aliphatic hydroxyl groups is 1. The van der Waals surface area contributed by atoms with E-state index in [2.05, 4.69) is 28.7 Å². The van der Waals surface area contributed by atoms with Crippen LogP contribution < -0.4 is 5.32 Å². The second kappa shape index (κ2) is 5.34. The van der Waals surface area contributed by atoms with E-state index in [0.29, 0.717) is 17.2 Å². The van der Waals surface area contributed by atoms with Gasteiger partial charge in [-0.15, -0.1) is 11.3 Å². The van der Waals surface area contributed by atoms with Gasteiger partial charge in [0, 0.05) is 28.5 Å². The van der Waals surface area contributed by atoms with Gasteiger partial charge in [0.2, 0.25) is 5.91 Å². The van der Waals surface area contributed by atoms with Crippen molar-refractivity contribution in [3.63, 3.8) is 0 Å². The van der Waals surface area contributed by atoms with Crippen molar-refractivity contribution in [3.05, 3.63) is 45.9 Å². The van der Waals surface area contributed by atoms with Gasteiger partial charge in [0.25, 0.3) is 0 Å². The van der Waals surface area contributed by atoms with Gasteiger partial charge in [-0.2, -0.15) is 0 Å². The van der Waals surface area contributed by atoms with Crippen molar-refractivity contribution >= 4 is 22.9 Å². The minimum Gasteiger partial charge on any atom is -0.392 e. The van der Waals surface area contributed by atoms with E-state index in [0.717, 1.165) is 6.42 Å². The average molecular weight is 288 g/mol. The van der Waals surface area contributed by atoms with Crippen molar-refractivity contribution < 1.29 is 9.90 Å². The lowest BCUT2D eigenvalue weighted by Gasteiger charge is -2.08. The minimum absolute atomic E-state index is 0.0190. The molecule has 1 aliphatic rings. The van der Waals surface area contributed by atoms with Gasteiger partial charge >= 0.3 is 0 Å². The van der Waals surface area contributed by atoms with Crippen molar-refractivity contribution in [3.8, 4) is 0 Å². The fraction of sp³-hybridized carbons (Fsp3) is 0.333. The van der Waals surface area contributed by atoms with E-state index in [1.807, 2.05) is 0 Å². The molecule has 1 fully saturated rings. The summed E-state index contributed by atoms with van der Waals surface area (Å²) >= 11 is 1.72. The third-order valence-corrected chi connectivity index (χ3v) is 4.86. The highest BCUT2D eigenvalue weighted by Crippen LogP contribution is 2.50. The summed E-state index contributed by atoms with van der Waals surface area (Å²) in [6.45, 7) is 1.99. The van der Waals surface area contributed by atoms with Gasteiger partial charge in [-0.3, -0.25) is 9.78 Å². The summed E-state index contributed by atoms with van der Waals surface area (Å²) in [4.78, 5) is 17.5. The van der Waals surface area contributed by atoms with Gasteiger partial charge in [0.1, 0.15) is 0 Å². The molecule has 0 radical (unpaired) electrons. The Balaban J connectivity index is 1.68. The Morgan fingerprint density at radius 3 is 3.10 bits per heavy atom. The molecule has 0 aromatic carbocycles. The molecule has 1 saturated carbocycles. The standard InChI is InChI=1S/C15H16N2O2S/c1-9-3-5-20-14(9)11-6-12(11)15(19)17-13-7-16-4-2-10(13)8-18/h2-5,7,11-12,18H,6,8H2,1H3,(H,17,19). The zero-order valence-electron chi connectivity index (χ0n) is 11.2. The van der Waals surface area contributed by atoms with Crippen molar-refractivity contribution in [1.82, 2.24) is 4.98 Å². The van der Waals surface area contributed by atoms with Crippen LogP contribution in [0, 0.1) is 12.8 Å². The fourth-order valence-electron chi connectivity index (χ4n) is 2.44. The molecule has 4 nitrogen and oxygen atoms in total. The molecule has 2 N–H and O–H groups in total. The number of hydrogen-bond acceptors (Lipinski definition) is 4. The highest BCUT2D eigenvalue weighted by molar-refractivity contribution is 7.10. The molecule has 2 atom stereocenters. The zero-order valence-corrected chi connectivity index (χ0v) is 12.0. The van der Waals surface area contributed by atoms with E-state index in [1.54, 1.807) is 29.8 Å². The number of nitrogens with zero attached hydrogens (tertiary/aromatic N) is 1. The number of thiophene rings is 1. The Morgan fingerprint density at radius 1 is 1.55 bits per heavy atom. The van der Waals surface area contributed by atoms with E-state index in [-0.39, 0.29) is 18.4 Å². The molecule has 1 aliphatic carbocycles. The zero-order chi connectivity index (χ0) is 14.1. The number of anilines is 1. The fourth-order valence-corrected chi connectivity index (χ4v) is 3.55. The SMILES string of the molecule is Cc1ccsc1C1CC1C(=O)Nc1cnccc1CO. The predicted molar refractivity (Wildman–Crippen MR) is 78.7 cm³/mol. The van der Waals surface area contributed by atoms with Crippen LogP contribution in [0.3, 0.4) is 0 Å². The number of carbonyl (C=O) groups excluding carboxylic acids is 1. The molecule has 3 rings (SSSR count). The van der Waals surface area contributed by atoms with Crippen LogP contribution in [0.5, 0.6) is 0 Å². The van der Waals surface area contributed by atoms with Crippen LogP contribution in [0.25, 0.3) is 0 Å². The Bertz CT molecular complexity index is 638. The van der Waals surface area contributed by atoms with Crippen LogP contribution in [-0.2, 0) is 11.4 Å². The van der Waals surface area contributed by atoms with E-state index < -0.39 is 0 Å². The van der Waals surface area contributed by atoms with Gasteiger partial charge in [0.05, 0.1) is 18.5 Å². The van der Waals surface area contributed by atoms with Gasteiger partial charge < -0.3 is 10.4 Å². The van der Waals surface area contributed by atoms with Gasteiger partial charge in [-0.25, -0.2) is 0 Å². The number of aryl methyl sites for hydroxylation is 1. The molecule has 2 aromatic rings. The number of rotatable bonds is 4. The van der Waals surface area contributed by atoms with Crippen molar-refractivity contribution in [2.45, 2.75) is 25.9 Å². The highest BCUT2D eigenvalue weighted by Gasteiger charge is 2.45. The smallest absolute Gasteiger partial charge is 0.228 e. The number of pyridine rings is 1. The Hall–Kier alpha value is -1.72. The Labute approximate surface area is 121 Å². The van der Waals surface area contributed by atoms with Gasteiger partial charge in [0.15, 0.2) is 0 Å². The molecule has 2 unspecified atom stereocenters. The highest BCUT2D eigenvalue weighted by atomic mass is 32.1. The van der Waals surface area contributed by atoms with E-state index in [1.165, 1.54) is 10.4 Å². The summed E-state index contributed by atoms with van der Waals surface area (Å²) in [6.07, 6.45) is 4.09. The van der Waals surface area contributed by atoms with E-state index in [9.17, 15) is 9.90 Å². The molecule has 2 aromatic heterocycles. The van der Waals surface area contributed by atoms with Crippen LogP contribution in [0.1, 0.15) is 28.3 Å². The second-order valence-electron chi connectivity index (χ2n) is 5.10. The molecule has 0 bridgehead atoms. The molecule has 5 heteroatoms. The molecule has 2 heterocycles. The van der Waals surface area contributed by atoms with Crippen LogP contribution >= 0.6 is 11.3 Å². The first-order valence-corrected chi connectivity index (χ1v) is 7.47. The van der Waals surface area contributed by atoms with Crippen LogP contribution in [0.2, 0.25) is 0 Å². The first-order chi connectivity index (χ1) is 9.70. The first-order valence-electron chi connectivity index (χ1n) is 6.59. The lowest BCUT2D eigenvalue weighted by Crippen LogP contribution is -2.16. The minimum atomic E-state index is -0.101. The first kappa shape index (κ1) is 13.3. The summed E-state index contributed by atoms with van der Waals surface area (Å²) in [6, 6.07) is 3.81. The van der Waals surface area contributed by atoms with Crippen molar-refractivity contribution in [2.75, 3.05) is 5.32 Å². The molecular weight excluding hydrogens is 272 g/mol. The second-order valence-corrected chi connectivity index (χ2v) is 6.04. The summed E-state index contributed by atoms with van der Waals surface area (Å²) in [5.74, 6) is 0.411. The van der Waals surface area contributed by atoms with E-state index in [4.69, 9.17) is 0 Å². The third kappa shape index (κ3) is 2.46. The quantitative estimate of drug-likeness (QED) is 0.909. The van der Waals surface area contributed by atoms with Crippen molar-refractivity contribution in [2.24, 2.45) is 5.92 Å². The molecule has 104 valence electrons. The lowest BCUT2D eigenvalue weighted by atomic mass is 10.2. The predicted octanol–water partition coefficient (Wildman–Crippen LogP) is 2.69. The maximum absolute atomic E-state index is 12.2. The van der Waals surface area contributed by atoms with Crippen molar-refractivity contribution in [1.29, 1.82) is 0 Å². The molecule has 20 heavy (non-hydrogen) atoms. The van der Waals surface area contributed by atoms with Crippen LogP contribution in [0.15, 0.2) is 29.9 Å². The Morgan fingerprint density at radius 2 is 2.40 bits per heavy atom. The molecule has 0 saturated heterocycles. The molecule has 0 aliphatic heterocycles. The van der Waals surface area contributed by atoms with Crippen LogP contribution in [0.4, 0.5) is 5.69 Å². The van der Waals surface area contributed by atoms with Gasteiger partial charge in [-0.05, 0) is 36.4 Å². The maximum atomic E-state index is 12.2. The number of aromatic nitrogens is 1. The molecule has 0 spiro atoms. The molecular formula is C15H16N2O2S. The largest absolute Gasteiger partial charge is 0.392 e. The Kier molecular flexibility index (Phi) is 3.54. The third-order valence-electron chi connectivity index (χ3n) is 3.71. The average Bonchev–Trinajstić information content (AvgIpc) is 3.14. The van der Waals surface area contributed by atoms with Gasteiger partial charge in [-0.1, -0.05) is 0 Å². The summed E-state index contributed by atoms with van der Waals surface area (Å²) in [5, 5.41) is 14.2. The monoisotopic (exact) mass is 288 g/mol. The number of carbonyl (C=O) groups is 1. The number of aliphatic hydroxyl groups excluding tert-OH is 1. The topological polar surface area (TPSA) is 62.2 Å². The summed E-state index contributed by atoms with van der Waals surface area (Å²) < 4.78 is 0. The number of hydrogen-bond donors (Lipinski definition) is 2. The normalized spacial score (nSPS) is 20.7. The number of amides is 1. The summed E-state index contributed by atoms with van der Waals surface area (Å²) in [7, 11) is 0.